The van der Waals surface area contributed by atoms with Crippen molar-refractivity contribution >= 4 is 21.7 Å². The molecule has 0 atom stereocenters. The Balaban J connectivity index is 0.000000208. The Morgan fingerprint density at radius 1 is 0.926 bits per heavy atom. The monoisotopic (exact) mass is 403 g/mol. The van der Waals surface area contributed by atoms with Gasteiger partial charge in [0.15, 0.2) is 12.7 Å². The first kappa shape index (κ1) is 21.1. The standard InChI is InChI=1S/C14H15ClN.C7H8O3S/c1-11-6-7-13(12(2)9-11)10-16-8-4-3-5-14(16)15;1-6-2-4-7(5-3-6)11(8,9)10/h3-9H,10H2,1-2H3;2-5H,1H3,(H,8,9,10)/q+1;/p-1. The highest BCUT2D eigenvalue weighted by Gasteiger charge is 2.09. The van der Waals surface area contributed by atoms with E-state index in [0.29, 0.717) is 0 Å². The molecule has 0 unspecified atom stereocenters. The van der Waals surface area contributed by atoms with Crippen molar-refractivity contribution in [3.63, 3.8) is 0 Å². The molecule has 3 rings (SSSR count). The number of hydrogen-bond acceptors (Lipinski definition) is 3. The van der Waals surface area contributed by atoms with E-state index in [9.17, 15) is 13.0 Å². The smallest absolute Gasteiger partial charge is 0.275 e. The normalized spacial score (nSPS) is 10.9. The Kier molecular flexibility index (Phi) is 7.13. The first-order valence-electron chi connectivity index (χ1n) is 8.39. The van der Waals surface area contributed by atoms with Crippen LogP contribution in [0.25, 0.3) is 0 Å². The van der Waals surface area contributed by atoms with E-state index in [-0.39, 0.29) is 4.90 Å². The fourth-order valence-corrected chi connectivity index (χ4v) is 3.15. The van der Waals surface area contributed by atoms with Crippen molar-refractivity contribution < 1.29 is 17.5 Å². The summed E-state index contributed by atoms with van der Waals surface area (Å²) in [6.45, 7) is 6.89. The van der Waals surface area contributed by atoms with Crippen LogP contribution < -0.4 is 4.57 Å². The van der Waals surface area contributed by atoms with E-state index in [4.69, 9.17) is 11.6 Å². The van der Waals surface area contributed by atoms with Gasteiger partial charge in [-0.15, -0.1) is 0 Å². The Bertz CT molecular complexity index is 1020. The molecule has 3 aromatic rings. The summed E-state index contributed by atoms with van der Waals surface area (Å²) in [5.74, 6) is 0. The zero-order valence-corrected chi connectivity index (χ0v) is 17.1. The molecule has 0 saturated heterocycles. The Hall–Kier alpha value is -2.21. The van der Waals surface area contributed by atoms with Crippen molar-refractivity contribution in [1.29, 1.82) is 0 Å². The van der Waals surface area contributed by atoms with Gasteiger partial charge in [0.1, 0.15) is 10.1 Å². The van der Waals surface area contributed by atoms with Gasteiger partial charge in [0.05, 0.1) is 4.90 Å². The zero-order valence-electron chi connectivity index (χ0n) is 15.5. The van der Waals surface area contributed by atoms with Crippen molar-refractivity contribution in [2.45, 2.75) is 32.2 Å². The lowest BCUT2D eigenvalue weighted by atomic mass is 10.1. The first-order valence-corrected chi connectivity index (χ1v) is 10.2. The molecule has 0 spiro atoms. The number of halogens is 1. The van der Waals surface area contributed by atoms with Crippen LogP contribution in [0, 0.1) is 20.8 Å². The third-order valence-corrected chi connectivity index (χ3v) is 5.23. The summed E-state index contributed by atoms with van der Waals surface area (Å²) < 4.78 is 33.2. The van der Waals surface area contributed by atoms with E-state index < -0.39 is 10.1 Å². The summed E-state index contributed by atoms with van der Waals surface area (Å²) >= 11 is 6.12. The average Bonchev–Trinajstić information content (AvgIpc) is 2.59. The minimum absolute atomic E-state index is 0.178. The molecule has 1 heterocycles. The summed E-state index contributed by atoms with van der Waals surface area (Å²) in [5, 5.41) is 0.766. The fourth-order valence-electron chi connectivity index (χ4n) is 2.50. The largest absolute Gasteiger partial charge is 0.744 e. The topological polar surface area (TPSA) is 61.1 Å². The van der Waals surface area contributed by atoms with E-state index in [2.05, 4.69) is 32.0 Å². The van der Waals surface area contributed by atoms with Gasteiger partial charge in [0.25, 0.3) is 5.15 Å². The molecule has 4 nitrogen and oxygen atoms in total. The predicted octanol–water partition coefficient (Wildman–Crippen LogP) is 4.19. The van der Waals surface area contributed by atoms with E-state index in [1.54, 1.807) is 12.1 Å². The van der Waals surface area contributed by atoms with Crippen molar-refractivity contribution in [1.82, 2.24) is 0 Å². The van der Waals surface area contributed by atoms with Gasteiger partial charge in [0.2, 0.25) is 0 Å². The van der Waals surface area contributed by atoms with Gasteiger partial charge in [-0.3, -0.25) is 0 Å². The lowest BCUT2D eigenvalue weighted by molar-refractivity contribution is -0.686. The minimum atomic E-state index is -4.27. The van der Waals surface area contributed by atoms with Gasteiger partial charge in [0, 0.05) is 17.7 Å². The van der Waals surface area contributed by atoms with Crippen LogP contribution >= 0.6 is 11.6 Å². The number of benzene rings is 2. The fraction of sp³-hybridized carbons (Fsp3) is 0.190. The summed E-state index contributed by atoms with van der Waals surface area (Å²) in [6.07, 6.45) is 2.00. The molecule has 142 valence electrons. The third-order valence-electron chi connectivity index (χ3n) is 4.03. The van der Waals surface area contributed by atoms with Crippen LogP contribution in [0.15, 0.2) is 71.8 Å². The molecule has 0 radical (unpaired) electrons. The molecule has 6 heteroatoms. The van der Waals surface area contributed by atoms with Gasteiger partial charge in [-0.1, -0.05) is 41.5 Å². The number of aryl methyl sites for hydroxylation is 3. The van der Waals surface area contributed by atoms with Crippen molar-refractivity contribution in [3.05, 3.63) is 94.3 Å². The molecular formula is C21H22ClNO3S. The van der Waals surface area contributed by atoms with Crippen LogP contribution in [0.4, 0.5) is 0 Å². The van der Waals surface area contributed by atoms with Gasteiger partial charge in [-0.05, 0) is 56.1 Å². The minimum Gasteiger partial charge on any atom is -0.744 e. The molecule has 2 aromatic carbocycles. The molecule has 0 amide bonds. The van der Waals surface area contributed by atoms with Crippen molar-refractivity contribution in [2.75, 3.05) is 0 Å². The molecule has 1 aromatic heterocycles. The summed E-state index contributed by atoms with van der Waals surface area (Å²) in [7, 11) is -4.27. The number of nitrogens with zero attached hydrogens (tertiary/aromatic N) is 1. The van der Waals surface area contributed by atoms with E-state index in [1.807, 2.05) is 35.9 Å². The van der Waals surface area contributed by atoms with Crippen LogP contribution in [0.2, 0.25) is 5.15 Å². The van der Waals surface area contributed by atoms with Crippen LogP contribution in [-0.2, 0) is 16.7 Å². The molecule has 27 heavy (non-hydrogen) atoms. The Morgan fingerprint density at radius 2 is 1.56 bits per heavy atom. The lowest BCUT2D eigenvalue weighted by Crippen LogP contribution is -2.35. The van der Waals surface area contributed by atoms with Crippen molar-refractivity contribution in [3.8, 4) is 0 Å². The average molecular weight is 404 g/mol. The van der Waals surface area contributed by atoms with Gasteiger partial charge < -0.3 is 4.55 Å². The molecule has 0 aliphatic rings. The van der Waals surface area contributed by atoms with E-state index in [1.165, 1.54) is 28.8 Å². The molecule has 0 saturated carbocycles. The molecule has 0 fully saturated rings. The maximum atomic E-state index is 10.4. The van der Waals surface area contributed by atoms with E-state index >= 15 is 0 Å². The summed E-state index contributed by atoms with van der Waals surface area (Å²) in [5.41, 5.74) is 4.85. The number of pyridine rings is 1. The number of aromatic nitrogens is 1. The molecule has 0 aliphatic carbocycles. The van der Waals surface area contributed by atoms with Crippen molar-refractivity contribution in [2.24, 2.45) is 0 Å². The highest BCUT2D eigenvalue weighted by molar-refractivity contribution is 7.85. The molecule has 0 N–H and O–H groups in total. The number of hydrogen-bond donors (Lipinski definition) is 0. The highest BCUT2D eigenvalue weighted by atomic mass is 35.5. The first-order chi connectivity index (χ1) is 12.7. The molecule has 0 aliphatic heterocycles. The second kappa shape index (κ2) is 9.13. The highest BCUT2D eigenvalue weighted by Crippen LogP contribution is 2.11. The predicted molar refractivity (Wildman–Crippen MR) is 106 cm³/mol. The molecular weight excluding hydrogens is 382 g/mol. The second-order valence-corrected chi connectivity index (χ2v) is 8.12. The molecule has 0 bridgehead atoms. The SMILES string of the molecule is Cc1ccc(C[n+]2ccccc2Cl)c(C)c1.Cc1ccc(S(=O)(=O)[O-])cc1. The van der Waals surface area contributed by atoms with Crippen LogP contribution in [0.3, 0.4) is 0 Å². The van der Waals surface area contributed by atoms with Crippen LogP contribution in [0.5, 0.6) is 0 Å². The zero-order chi connectivity index (χ0) is 20.0. The maximum Gasteiger partial charge on any atom is 0.275 e. The number of rotatable bonds is 3. The maximum absolute atomic E-state index is 10.4. The summed E-state index contributed by atoms with van der Waals surface area (Å²) in [6, 6.07) is 18.1. The van der Waals surface area contributed by atoms with Gasteiger partial charge in [-0.25, -0.2) is 8.42 Å². The Morgan fingerprint density at radius 3 is 2.11 bits per heavy atom. The second-order valence-electron chi connectivity index (χ2n) is 6.35. The third kappa shape index (κ3) is 6.47. The van der Waals surface area contributed by atoms with Crippen LogP contribution in [-0.4, -0.2) is 13.0 Å². The lowest BCUT2D eigenvalue weighted by Gasteiger charge is -2.05. The van der Waals surface area contributed by atoms with Crippen LogP contribution in [0.1, 0.15) is 22.3 Å². The van der Waals surface area contributed by atoms with E-state index in [0.717, 1.165) is 17.3 Å². The van der Waals surface area contributed by atoms with Gasteiger partial charge in [-0.2, -0.15) is 4.57 Å². The quantitative estimate of drug-likeness (QED) is 0.374. The Labute approximate surface area is 165 Å². The van der Waals surface area contributed by atoms with Gasteiger partial charge >= 0.3 is 0 Å². The summed E-state index contributed by atoms with van der Waals surface area (Å²) in [4.78, 5) is -0.178.